The van der Waals surface area contributed by atoms with Gasteiger partial charge < -0.3 is 25.2 Å². The van der Waals surface area contributed by atoms with Crippen molar-refractivity contribution in [2.24, 2.45) is 5.41 Å². The van der Waals surface area contributed by atoms with Crippen LogP contribution in [0.15, 0.2) is 35.6 Å². The minimum absolute atomic E-state index is 0.207. The smallest absolute Gasteiger partial charge is 0.322 e. The number of aliphatic hydroxyl groups excluding tert-OH is 1. The normalized spacial score (nSPS) is 20.4. The summed E-state index contributed by atoms with van der Waals surface area (Å²) in [5, 5.41) is 21.6. The Morgan fingerprint density at radius 2 is 1.90 bits per heavy atom. The number of aliphatic carboxylic acids is 1. The maximum Gasteiger partial charge on any atom is 0.322 e. The predicted octanol–water partition coefficient (Wildman–Crippen LogP) is 1.75. The van der Waals surface area contributed by atoms with Gasteiger partial charge >= 0.3 is 5.97 Å². The molecule has 3 aliphatic rings. The average Bonchev–Trinajstić information content (AvgIpc) is 3.46. The maximum absolute atomic E-state index is 13.0. The van der Waals surface area contributed by atoms with Crippen LogP contribution in [0.3, 0.4) is 0 Å². The molecule has 2 amide bonds. The van der Waals surface area contributed by atoms with Gasteiger partial charge in [-0.3, -0.25) is 14.4 Å². The second kappa shape index (κ2) is 7.42. The van der Waals surface area contributed by atoms with Gasteiger partial charge in [0.15, 0.2) is 0 Å². The zero-order valence-electron chi connectivity index (χ0n) is 16.0. The van der Waals surface area contributed by atoms with Crippen molar-refractivity contribution in [2.75, 3.05) is 13.1 Å². The number of hydrogen-bond acceptors (Lipinski definition) is 5. The quantitative estimate of drug-likeness (QED) is 0.601. The van der Waals surface area contributed by atoms with E-state index in [-0.39, 0.29) is 11.3 Å². The highest BCUT2D eigenvalue weighted by molar-refractivity contribution is 6.19. The fourth-order valence-corrected chi connectivity index (χ4v) is 3.88. The lowest BCUT2D eigenvalue weighted by atomic mass is 9.64. The zero-order chi connectivity index (χ0) is 20.6. The van der Waals surface area contributed by atoms with Gasteiger partial charge in [0.1, 0.15) is 23.6 Å². The first-order valence-electron chi connectivity index (χ1n) is 9.86. The lowest BCUT2D eigenvalue weighted by Crippen LogP contribution is -2.53. The van der Waals surface area contributed by atoms with E-state index in [2.05, 4.69) is 5.32 Å². The molecular weight excluding hydrogens is 376 g/mol. The zero-order valence-corrected chi connectivity index (χ0v) is 16.0. The van der Waals surface area contributed by atoms with Gasteiger partial charge in [0.05, 0.1) is 6.10 Å². The molecule has 1 aromatic carbocycles. The number of carbonyl (C=O) groups is 3. The van der Waals surface area contributed by atoms with E-state index in [1.807, 2.05) is 24.3 Å². The Balaban J connectivity index is 1.52. The van der Waals surface area contributed by atoms with Gasteiger partial charge in [-0.25, -0.2) is 0 Å². The first-order valence-corrected chi connectivity index (χ1v) is 9.86. The summed E-state index contributed by atoms with van der Waals surface area (Å²) >= 11 is 0. The number of nitrogens with one attached hydrogen (secondary N) is 1. The van der Waals surface area contributed by atoms with Crippen LogP contribution < -0.4 is 10.1 Å². The molecule has 2 saturated carbocycles. The molecule has 1 heterocycles. The van der Waals surface area contributed by atoms with Crippen molar-refractivity contribution in [3.8, 4) is 5.75 Å². The number of rotatable bonds is 7. The molecule has 0 bridgehead atoms. The number of carboxylic acid groups (broad SMARTS) is 1. The number of ether oxygens (including phenoxy) is 1. The Hall–Kier alpha value is -3.03. The third-order valence-corrected chi connectivity index (χ3v) is 5.80. The van der Waals surface area contributed by atoms with Crippen molar-refractivity contribution in [1.29, 1.82) is 0 Å². The molecule has 0 aromatic heterocycles. The molecule has 0 radical (unpaired) electrons. The number of carbonyl (C=O) groups excluding carboxylic acids is 2. The molecule has 1 spiro atoms. The summed E-state index contributed by atoms with van der Waals surface area (Å²) in [6, 6.07) is 7.52. The summed E-state index contributed by atoms with van der Waals surface area (Å²) in [5.41, 5.74) is -0.0627. The molecule has 1 aliphatic heterocycles. The Bertz CT molecular complexity index is 868. The monoisotopic (exact) mass is 400 g/mol. The SMILES string of the molecule is O=C(O)CNC(=O)C1=C(O)C2(CCC2)CN(Cc2ccc(OC3CC3)cc2)C1=O. The summed E-state index contributed by atoms with van der Waals surface area (Å²) < 4.78 is 5.74. The van der Waals surface area contributed by atoms with Crippen LogP contribution in [0, 0.1) is 5.41 Å². The van der Waals surface area contributed by atoms with Crippen LogP contribution in [0.1, 0.15) is 37.7 Å². The Labute approximate surface area is 168 Å². The van der Waals surface area contributed by atoms with Crippen molar-refractivity contribution in [2.45, 2.75) is 44.8 Å². The topological polar surface area (TPSA) is 116 Å². The van der Waals surface area contributed by atoms with E-state index in [1.165, 1.54) is 0 Å². The van der Waals surface area contributed by atoms with E-state index in [1.54, 1.807) is 4.90 Å². The van der Waals surface area contributed by atoms with Crippen molar-refractivity contribution >= 4 is 17.8 Å². The second-order valence-corrected chi connectivity index (χ2v) is 8.06. The minimum Gasteiger partial charge on any atom is -0.511 e. The number of aliphatic hydroxyl groups is 1. The highest BCUT2D eigenvalue weighted by Crippen LogP contribution is 2.50. The highest BCUT2D eigenvalue weighted by atomic mass is 16.5. The van der Waals surface area contributed by atoms with E-state index in [9.17, 15) is 19.5 Å². The molecule has 1 aromatic rings. The lowest BCUT2D eigenvalue weighted by molar-refractivity contribution is -0.140. The Kier molecular flexibility index (Phi) is 4.94. The van der Waals surface area contributed by atoms with Crippen molar-refractivity contribution in [3.05, 3.63) is 41.2 Å². The summed E-state index contributed by atoms with van der Waals surface area (Å²) in [7, 11) is 0. The maximum atomic E-state index is 13.0. The van der Waals surface area contributed by atoms with Crippen LogP contribution in [0.25, 0.3) is 0 Å². The van der Waals surface area contributed by atoms with Crippen LogP contribution in [0.4, 0.5) is 0 Å². The first-order chi connectivity index (χ1) is 13.9. The van der Waals surface area contributed by atoms with E-state index >= 15 is 0 Å². The van der Waals surface area contributed by atoms with E-state index < -0.39 is 29.7 Å². The van der Waals surface area contributed by atoms with Gasteiger partial charge in [0.2, 0.25) is 0 Å². The van der Waals surface area contributed by atoms with Crippen LogP contribution in [-0.4, -0.2) is 52.1 Å². The molecule has 3 N–H and O–H groups in total. The van der Waals surface area contributed by atoms with E-state index in [4.69, 9.17) is 9.84 Å². The molecule has 29 heavy (non-hydrogen) atoms. The number of amides is 2. The van der Waals surface area contributed by atoms with Gasteiger partial charge in [0, 0.05) is 18.5 Å². The molecule has 0 saturated heterocycles. The Morgan fingerprint density at radius 1 is 1.21 bits per heavy atom. The summed E-state index contributed by atoms with van der Waals surface area (Å²) in [4.78, 5) is 37.7. The molecule has 0 atom stereocenters. The van der Waals surface area contributed by atoms with Crippen molar-refractivity contribution < 1.29 is 29.3 Å². The van der Waals surface area contributed by atoms with Crippen LogP contribution >= 0.6 is 0 Å². The molecule has 8 heteroatoms. The average molecular weight is 400 g/mol. The van der Waals surface area contributed by atoms with Crippen molar-refractivity contribution in [3.63, 3.8) is 0 Å². The van der Waals surface area contributed by atoms with Gasteiger partial charge in [-0.05, 0) is 43.4 Å². The number of benzene rings is 1. The fourth-order valence-electron chi connectivity index (χ4n) is 3.88. The van der Waals surface area contributed by atoms with Gasteiger partial charge in [-0.2, -0.15) is 0 Å². The van der Waals surface area contributed by atoms with E-state index in [0.29, 0.717) is 32.0 Å². The molecular formula is C21H24N2O6. The number of hydrogen-bond donors (Lipinski definition) is 3. The number of nitrogens with zero attached hydrogens (tertiary/aromatic N) is 1. The van der Waals surface area contributed by atoms with Gasteiger partial charge in [0.25, 0.3) is 11.8 Å². The molecule has 8 nitrogen and oxygen atoms in total. The molecule has 0 unspecified atom stereocenters. The lowest BCUT2D eigenvalue weighted by Gasteiger charge is -2.48. The molecule has 4 rings (SSSR count). The summed E-state index contributed by atoms with van der Waals surface area (Å²) in [6.45, 7) is 0.0271. The van der Waals surface area contributed by atoms with E-state index in [0.717, 1.165) is 30.6 Å². The molecule has 154 valence electrons. The van der Waals surface area contributed by atoms with Crippen molar-refractivity contribution in [1.82, 2.24) is 10.2 Å². The third kappa shape index (κ3) is 3.92. The van der Waals surface area contributed by atoms with Crippen LogP contribution in [-0.2, 0) is 20.9 Å². The van der Waals surface area contributed by atoms with Crippen LogP contribution in [0.5, 0.6) is 5.75 Å². The summed E-state index contributed by atoms with van der Waals surface area (Å²) in [5.74, 6) is -2.06. The third-order valence-electron chi connectivity index (χ3n) is 5.80. The first kappa shape index (κ1) is 19.3. The number of carboxylic acids is 1. The van der Waals surface area contributed by atoms with Gasteiger partial charge in [-0.1, -0.05) is 18.6 Å². The van der Waals surface area contributed by atoms with Crippen LogP contribution in [0.2, 0.25) is 0 Å². The highest BCUT2D eigenvalue weighted by Gasteiger charge is 2.50. The fraction of sp³-hybridized carbons (Fsp3) is 0.476. The standard InChI is InChI=1S/C21H24N2O6/c24-16(25)10-22-19(27)17-18(26)21(8-1-9-21)12-23(20(17)28)11-13-2-4-14(5-3-13)29-15-6-7-15/h2-5,15,26H,1,6-12H2,(H,22,27)(H,24,25). The molecule has 2 aliphatic carbocycles. The molecule has 2 fully saturated rings. The second-order valence-electron chi connectivity index (χ2n) is 8.06. The largest absolute Gasteiger partial charge is 0.511 e. The Morgan fingerprint density at radius 3 is 2.45 bits per heavy atom. The summed E-state index contributed by atoms with van der Waals surface area (Å²) in [6.07, 6.45) is 4.74. The minimum atomic E-state index is -1.22. The van der Waals surface area contributed by atoms with Gasteiger partial charge in [-0.15, -0.1) is 0 Å². The predicted molar refractivity (Wildman–Crippen MR) is 102 cm³/mol.